The zero-order valence-corrected chi connectivity index (χ0v) is 12.9. The molecule has 0 heterocycles. The third-order valence-electron chi connectivity index (χ3n) is 4.35. The van der Waals surface area contributed by atoms with Gasteiger partial charge in [-0.2, -0.15) is 0 Å². The van der Waals surface area contributed by atoms with Crippen LogP contribution in [0.5, 0.6) is 0 Å². The summed E-state index contributed by atoms with van der Waals surface area (Å²) >= 11 is 0. The lowest BCUT2D eigenvalue weighted by atomic mass is 9.76. The molecule has 0 bridgehead atoms. The van der Waals surface area contributed by atoms with Gasteiger partial charge in [-0.15, -0.1) is 0 Å². The summed E-state index contributed by atoms with van der Waals surface area (Å²) in [5.74, 6) is -0.988. The molecule has 0 aromatic rings. The molecule has 1 saturated carbocycles. The average molecular weight is 284 g/mol. The molecule has 3 N–H and O–H groups in total. The Morgan fingerprint density at radius 2 is 1.85 bits per heavy atom. The zero-order valence-electron chi connectivity index (χ0n) is 12.9. The molecule has 20 heavy (non-hydrogen) atoms. The Balaban J connectivity index is 2.47. The molecule has 1 unspecified atom stereocenters. The summed E-state index contributed by atoms with van der Waals surface area (Å²) in [6.07, 6.45) is 7.07. The third-order valence-corrected chi connectivity index (χ3v) is 4.35. The van der Waals surface area contributed by atoms with Gasteiger partial charge >= 0.3 is 12.0 Å². The molecule has 0 aliphatic heterocycles. The second-order valence-corrected chi connectivity index (χ2v) is 6.57. The van der Waals surface area contributed by atoms with Crippen LogP contribution in [0.2, 0.25) is 0 Å². The first-order valence-electron chi connectivity index (χ1n) is 7.61. The molecule has 0 saturated heterocycles. The summed E-state index contributed by atoms with van der Waals surface area (Å²) in [6, 6.07) is -0.379. The predicted molar refractivity (Wildman–Crippen MR) is 78.7 cm³/mol. The maximum Gasteiger partial charge on any atom is 0.329 e. The molecule has 1 aliphatic rings. The van der Waals surface area contributed by atoms with Gasteiger partial charge in [0.15, 0.2) is 0 Å². The molecule has 0 aromatic heterocycles. The number of carbonyl (C=O) groups is 2. The summed E-state index contributed by atoms with van der Waals surface area (Å²) in [4.78, 5) is 23.2. The van der Waals surface area contributed by atoms with Gasteiger partial charge in [-0.1, -0.05) is 39.5 Å². The number of hydrogen-bond acceptors (Lipinski definition) is 2. The van der Waals surface area contributed by atoms with Gasteiger partial charge in [-0.3, -0.25) is 0 Å². The lowest BCUT2D eigenvalue weighted by Crippen LogP contribution is -2.56. The van der Waals surface area contributed by atoms with E-state index in [1.54, 1.807) is 6.92 Å². The van der Waals surface area contributed by atoms with E-state index in [1.807, 2.05) is 6.92 Å². The maximum absolute atomic E-state index is 11.9. The Morgan fingerprint density at radius 1 is 1.25 bits per heavy atom. The first-order chi connectivity index (χ1) is 9.31. The molecule has 2 amide bonds. The van der Waals surface area contributed by atoms with Crippen LogP contribution in [0, 0.1) is 5.41 Å². The third kappa shape index (κ3) is 4.69. The molecule has 116 valence electrons. The highest BCUT2D eigenvalue weighted by Gasteiger charge is 2.34. The van der Waals surface area contributed by atoms with E-state index < -0.39 is 11.5 Å². The highest BCUT2D eigenvalue weighted by atomic mass is 16.4. The summed E-state index contributed by atoms with van der Waals surface area (Å²) < 4.78 is 0. The van der Waals surface area contributed by atoms with Gasteiger partial charge in [-0.25, -0.2) is 9.59 Å². The van der Waals surface area contributed by atoms with Gasteiger partial charge in [0, 0.05) is 6.54 Å². The van der Waals surface area contributed by atoms with Crippen molar-refractivity contribution in [1.82, 2.24) is 10.6 Å². The number of carboxylic acid groups (broad SMARTS) is 1. The predicted octanol–water partition coefficient (Wildman–Crippen LogP) is 2.90. The minimum absolute atomic E-state index is 0.153. The number of rotatable bonds is 6. The van der Waals surface area contributed by atoms with Gasteiger partial charge in [0.1, 0.15) is 5.54 Å². The van der Waals surface area contributed by atoms with E-state index in [2.05, 4.69) is 17.6 Å². The Bertz CT molecular complexity index is 351. The second kappa shape index (κ2) is 6.95. The van der Waals surface area contributed by atoms with Crippen molar-refractivity contribution in [2.24, 2.45) is 5.41 Å². The molecule has 0 spiro atoms. The molecule has 0 aromatic carbocycles. The SMILES string of the molecule is CCCC(C)(NC(=O)NCC1(C)CCCCC1)C(=O)O. The van der Waals surface area contributed by atoms with Crippen LogP contribution in [-0.4, -0.2) is 29.2 Å². The van der Waals surface area contributed by atoms with Crippen LogP contribution in [0.15, 0.2) is 0 Å². The van der Waals surface area contributed by atoms with Crippen molar-refractivity contribution in [2.75, 3.05) is 6.54 Å². The van der Waals surface area contributed by atoms with Crippen molar-refractivity contribution in [2.45, 2.75) is 71.3 Å². The standard InChI is InChI=1S/C15H28N2O3/c1-4-8-15(3,12(18)19)17-13(20)16-11-14(2)9-6-5-7-10-14/h4-11H2,1-3H3,(H,18,19)(H2,16,17,20). The fraction of sp³-hybridized carbons (Fsp3) is 0.867. The number of aliphatic carboxylic acids is 1. The highest BCUT2D eigenvalue weighted by molar-refractivity contribution is 5.85. The monoisotopic (exact) mass is 284 g/mol. The Labute approximate surface area is 121 Å². The molecule has 5 nitrogen and oxygen atoms in total. The van der Waals surface area contributed by atoms with Gasteiger partial charge < -0.3 is 15.7 Å². The molecule has 1 fully saturated rings. The Hall–Kier alpha value is -1.26. The van der Waals surface area contributed by atoms with Crippen LogP contribution < -0.4 is 10.6 Å². The van der Waals surface area contributed by atoms with E-state index >= 15 is 0 Å². The van der Waals surface area contributed by atoms with Crippen molar-refractivity contribution in [3.8, 4) is 0 Å². The van der Waals surface area contributed by atoms with Gasteiger partial charge in [-0.05, 0) is 31.6 Å². The van der Waals surface area contributed by atoms with Crippen molar-refractivity contribution < 1.29 is 14.7 Å². The molecule has 0 radical (unpaired) electrons. The van der Waals surface area contributed by atoms with Crippen LogP contribution in [0.4, 0.5) is 4.79 Å². The van der Waals surface area contributed by atoms with E-state index in [0.717, 1.165) is 12.8 Å². The van der Waals surface area contributed by atoms with Crippen LogP contribution >= 0.6 is 0 Å². The van der Waals surface area contributed by atoms with Gasteiger partial charge in [0.25, 0.3) is 0 Å². The van der Waals surface area contributed by atoms with Crippen LogP contribution in [0.3, 0.4) is 0 Å². The number of carboxylic acids is 1. The van der Waals surface area contributed by atoms with Gasteiger partial charge in [0.2, 0.25) is 0 Å². The fourth-order valence-corrected chi connectivity index (χ4v) is 2.89. The van der Waals surface area contributed by atoms with Crippen molar-refractivity contribution in [1.29, 1.82) is 0 Å². The largest absolute Gasteiger partial charge is 0.480 e. The smallest absolute Gasteiger partial charge is 0.329 e. The molecule has 1 aliphatic carbocycles. The summed E-state index contributed by atoms with van der Waals surface area (Å²) in [6.45, 7) is 6.26. The lowest BCUT2D eigenvalue weighted by molar-refractivity contribution is -0.144. The maximum atomic E-state index is 11.9. The summed E-state index contributed by atoms with van der Waals surface area (Å²) in [5, 5.41) is 14.7. The number of hydrogen-bond donors (Lipinski definition) is 3. The fourth-order valence-electron chi connectivity index (χ4n) is 2.89. The van der Waals surface area contributed by atoms with Crippen molar-refractivity contribution >= 4 is 12.0 Å². The van der Waals surface area contributed by atoms with Crippen molar-refractivity contribution in [3.05, 3.63) is 0 Å². The number of carbonyl (C=O) groups excluding carboxylic acids is 1. The van der Waals surface area contributed by atoms with Gasteiger partial charge in [0.05, 0.1) is 0 Å². The summed E-state index contributed by atoms with van der Waals surface area (Å²) in [5.41, 5.74) is -1.04. The zero-order chi connectivity index (χ0) is 15.2. The minimum atomic E-state index is -1.19. The topological polar surface area (TPSA) is 78.4 Å². The van der Waals surface area contributed by atoms with Crippen LogP contribution in [0.1, 0.15) is 65.7 Å². The Kier molecular flexibility index (Phi) is 5.84. The number of urea groups is 1. The number of amides is 2. The molecule has 1 rings (SSSR count). The Morgan fingerprint density at radius 3 is 2.35 bits per heavy atom. The summed E-state index contributed by atoms with van der Waals surface area (Å²) in [7, 11) is 0. The normalized spacial score (nSPS) is 20.8. The van der Waals surface area contributed by atoms with Crippen LogP contribution in [0.25, 0.3) is 0 Å². The molecular formula is C15H28N2O3. The molecule has 1 atom stereocenters. The number of nitrogens with one attached hydrogen (secondary N) is 2. The first-order valence-corrected chi connectivity index (χ1v) is 7.61. The van der Waals surface area contributed by atoms with Crippen molar-refractivity contribution in [3.63, 3.8) is 0 Å². The van der Waals surface area contributed by atoms with E-state index in [1.165, 1.54) is 19.3 Å². The second-order valence-electron chi connectivity index (χ2n) is 6.57. The average Bonchev–Trinajstić information content (AvgIpc) is 2.37. The van der Waals surface area contributed by atoms with E-state index in [9.17, 15) is 14.7 Å². The molecule has 5 heteroatoms. The van der Waals surface area contributed by atoms with Crippen LogP contribution in [-0.2, 0) is 4.79 Å². The van der Waals surface area contributed by atoms with E-state index in [0.29, 0.717) is 19.4 Å². The highest BCUT2D eigenvalue weighted by Crippen LogP contribution is 2.34. The first kappa shape index (κ1) is 16.8. The minimum Gasteiger partial charge on any atom is -0.480 e. The van der Waals surface area contributed by atoms with E-state index in [-0.39, 0.29) is 11.4 Å². The molecular weight excluding hydrogens is 256 g/mol. The lowest BCUT2D eigenvalue weighted by Gasteiger charge is -2.34. The van der Waals surface area contributed by atoms with E-state index in [4.69, 9.17) is 0 Å². The quantitative estimate of drug-likeness (QED) is 0.701.